The Morgan fingerprint density at radius 2 is 1.72 bits per heavy atom. The predicted molar refractivity (Wildman–Crippen MR) is 71.0 cm³/mol. The average molecular weight is 262 g/mol. The second-order valence-corrected chi connectivity index (χ2v) is 5.74. The van der Waals surface area contributed by atoms with E-state index in [1.807, 2.05) is 32.0 Å². The first-order valence-electron chi connectivity index (χ1n) is 5.50. The van der Waals surface area contributed by atoms with Gasteiger partial charge in [0, 0.05) is 12.4 Å². The molecule has 1 aromatic carbocycles. The van der Waals surface area contributed by atoms with E-state index >= 15 is 0 Å². The quantitative estimate of drug-likeness (QED) is 0.924. The van der Waals surface area contributed by atoms with E-state index in [9.17, 15) is 8.42 Å². The highest BCUT2D eigenvalue weighted by Crippen LogP contribution is 2.22. The molecule has 1 heterocycles. The molecule has 94 valence electrons. The molecule has 1 N–H and O–H groups in total. The van der Waals surface area contributed by atoms with Crippen LogP contribution in [0.4, 0.5) is 5.69 Å². The first kappa shape index (κ1) is 12.6. The van der Waals surface area contributed by atoms with E-state index in [2.05, 4.69) is 9.71 Å². The summed E-state index contributed by atoms with van der Waals surface area (Å²) in [6, 6.07) is 8.75. The third-order valence-corrected chi connectivity index (χ3v) is 4.00. The van der Waals surface area contributed by atoms with E-state index in [0.717, 1.165) is 11.1 Å². The van der Waals surface area contributed by atoms with Crippen LogP contribution in [0.15, 0.2) is 47.6 Å². The molecule has 0 saturated heterocycles. The largest absolute Gasteiger partial charge is 0.279 e. The van der Waals surface area contributed by atoms with Crippen LogP contribution in [-0.2, 0) is 10.0 Å². The second kappa shape index (κ2) is 4.78. The molecule has 0 saturated carbocycles. The van der Waals surface area contributed by atoms with Crippen LogP contribution in [0.2, 0.25) is 0 Å². The van der Waals surface area contributed by atoms with Gasteiger partial charge in [-0.25, -0.2) is 8.42 Å². The maximum atomic E-state index is 12.2. The van der Waals surface area contributed by atoms with Crippen LogP contribution < -0.4 is 4.72 Å². The fourth-order valence-electron chi connectivity index (χ4n) is 1.67. The number of para-hydroxylation sites is 1. The Hall–Kier alpha value is -1.88. The van der Waals surface area contributed by atoms with Gasteiger partial charge in [0.25, 0.3) is 10.0 Å². The Labute approximate surface area is 107 Å². The number of rotatable bonds is 3. The van der Waals surface area contributed by atoms with Crippen LogP contribution in [-0.4, -0.2) is 13.4 Å². The predicted octanol–water partition coefficient (Wildman–Crippen LogP) is 2.50. The van der Waals surface area contributed by atoms with Crippen molar-refractivity contribution in [2.45, 2.75) is 18.7 Å². The van der Waals surface area contributed by atoms with Crippen molar-refractivity contribution in [1.29, 1.82) is 0 Å². The van der Waals surface area contributed by atoms with E-state index < -0.39 is 10.0 Å². The van der Waals surface area contributed by atoms with Crippen molar-refractivity contribution in [1.82, 2.24) is 4.98 Å². The number of anilines is 1. The van der Waals surface area contributed by atoms with Crippen molar-refractivity contribution in [2.24, 2.45) is 0 Å². The molecule has 0 bridgehead atoms. The van der Waals surface area contributed by atoms with Crippen molar-refractivity contribution in [3.8, 4) is 0 Å². The lowest BCUT2D eigenvalue weighted by Gasteiger charge is -2.12. The fourth-order valence-corrected chi connectivity index (χ4v) is 2.84. The highest BCUT2D eigenvalue weighted by Gasteiger charge is 2.16. The molecule has 0 amide bonds. The van der Waals surface area contributed by atoms with Gasteiger partial charge in [-0.15, -0.1) is 0 Å². The standard InChI is InChI=1S/C13H14N2O2S/c1-10-5-3-6-11(2)13(10)15-18(16,17)12-7-4-8-14-9-12/h3-9,15H,1-2H3. The third kappa shape index (κ3) is 2.51. The number of nitrogens with zero attached hydrogens (tertiary/aromatic N) is 1. The molecule has 18 heavy (non-hydrogen) atoms. The second-order valence-electron chi connectivity index (χ2n) is 4.06. The highest BCUT2D eigenvalue weighted by atomic mass is 32.2. The lowest BCUT2D eigenvalue weighted by molar-refractivity contribution is 0.600. The molecule has 0 unspecified atom stereocenters. The van der Waals surface area contributed by atoms with E-state index in [1.165, 1.54) is 18.5 Å². The van der Waals surface area contributed by atoms with E-state index in [4.69, 9.17) is 0 Å². The highest BCUT2D eigenvalue weighted by molar-refractivity contribution is 7.92. The van der Waals surface area contributed by atoms with Crippen LogP contribution in [0.3, 0.4) is 0 Å². The number of sulfonamides is 1. The van der Waals surface area contributed by atoms with Crippen LogP contribution in [0, 0.1) is 13.8 Å². The topological polar surface area (TPSA) is 59.1 Å². The molecule has 0 aliphatic heterocycles. The summed E-state index contributed by atoms with van der Waals surface area (Å²) in [7, 11) is -3.57. The summed E-state index contributed by atoms with van der Waals surface area (Å²) in [5.41, 5.74) is 2.41. The Kier molecular flexibility index (Phi) is 3.34. The summed E-state index contributed by atoms with van der Waals surface area (Å²) in [5.74, 6) is 0. The number of benzene rings is 1. The molecule has 1 aromatic heterocycles. The molecular formula is C13H14N2O2S. The van der Waals surface area contributed by atoms with Gasteiger partial charge in [-0.05, 0) is 37.1 Å². The SMILES string of the molecule is Cc1cccc(C)c1NS(=O)(=O)c1cccnc1. The maximum absolute atomic E-state index is 12.2. The zero-order chi connectivity index (χ0) is 13.2. The van der Waals surface area contributed by atoms with Crippen molar-refractivity contribution in [3.63, 3.8) is 0 Å². The number of aryl methyl sites for hydroxylation is 2. The van der Waals surface area contributed by atoms with Gasteiger partial charge in [-0.2, -0.15) is 0 Å². The minimum Gasteiger partial charge on any atom is -0.279 e. The molecule has 2 rings (SSSR count). The normalized spacial score (nSPS) is 11.2. The monoisotopic (exact) mass is 262 g/mol. The minimum atomic E-state index is -3.57. The van der Waals surface area contributed by atoms with Crippen LogP contribution >= 0.6 is 0 Å². The smallest absolute Gasteiger partial charge is 0.263 e. The molecule has 5 heteroatoms. The van der Waals surface area contributed by atoms with Crippen LogP contribution in [0.1, 0.15) is 11.1 Å². The Morgan fingerprint density at radius 1 is 1.06 bits per heavy atom. The molecule has 0 radical (unpaired) electrons. The lowest BCUT2D eigenvalue weighted by atomic mass is 10.1. The number of nitrogens with one attached hydrogen (secondary N) is 1. The Balaban J connectivity index is 2.41. The zero-order valence-electron chi connectivity index (χ0n) is 10.2. The van der Waals surface area contributed by atoms with E-state index in [0.29, 0.717) is 5.69 Å². The van der Waals surface area contributed by atoms with E-state index in [-0.39, 0.29) is 4.90 Å². The lowest BCUT2D eigenvalue weighted by Crippen LogP contribution is -2.14. The molecule has 0 aliphatic carbocycles. The number of hydrogen-bond donors (Lipinski definition) is 1. The van der Waals surface area contributed by atoms with Gasteiger partial charge in [-0.1, -0.05) is 18.2 Å². The van der Waals surface area contributed by atoms with Gasteiger partial charge >= 0.3 is 0 Å². The molecule has 0 fully saturated rings. The molecule has 4 nitrogen and oxygen atoms in total. The van der Waals surface area contributed by atoms with Gasteiger partial charge in [0.15, 0.2) is 0 Å². The zero-order valence-corrected chi connectivity index (χ0v) is 11.0. The van der Waals surface area contributed by atoms with Crippen LogP contribution in [0.25, 0.3) is 0 Å². The van der Waals surface area contributed by atoms with Crippen molar-refractivity contribution in [3.05, 3.63) is 53.9 Å². The van der Waals surface area contributed by atoms with Gasteiger partial charge in [0.2, 0.25) is 0 Å². The summed E-state index contributed by atoms with van der Waals surface area (Å²) in [6.07, 6.45) is 2.87. The number of pyridine rings is 1. The molecule has 0 atom stereocenters. The van der Waals surface area contributed by atoms with E-state index in [1.54, 1.807) is 6.07 Å². The summed E-state index contributed by atoms with van der Waals surface area (Å²) in [4.78, 5) is 3.98. The van der Waals surface area contributed by atoms with Crippen molar-refractivity contribution in [2.75, 3.05) is 4.72 Å². The van der Waals surface area contributed by atoms with Gasteiger partial charge < -0.3 is 0 Å². The summed E-state index contributed by atoms with van der Waals surface area (Å²) in [6.45, 7) is 3.74. The molecule has 0 spiro atoms. The molecular weight excluding hydrogens is 248 g/mol. The van der Waals surface area contributed by atoms with Gasteiger partial charge in [-0.3, -0.25) is 9.71 Å². The number of aromatic nitrogens is 1. The van der Waals surface area contributed by atoms with Crippen LogP contribution in [0.5, 0.6) is 0 Å². The minimum absolute atomic E-state index is 0.160. The molecule has 0 aliphatic rings. The summed E-state index contributed by atoms with van der Waals surface area (Å²) < 4.78 is 26.9. The fraction of sp³-hybridized carbons (Fsp3) is 0.154. The summed E-state index contributed by atoms with van der Waals surface area (Å²) >= 11 is 0. The first-order chi connectivity index (χ1) is 8.50. The Bertz CT molecular complexity index is 632. The van der Waals surface area contributed by atoms with Gasteiger partial charge in [0.1, 0.15) is 4.90 Å². The maximum Gasteiger partial charge on any atom is 0.263 e. The molecule has 2 aromatic rings. The first-order valence-corrected chi connectivity index (χ1v) is 6.98. The third-order valence-electron chi connectivity index (χ3n) is 2.66. The Morgan fingerprint density at radius 3 is 2.28 bits per heavy atom. The summed E-state index contributed by atoms with van der Waals surface area (Å²) in [5, 5.41) is 0. The van der Waals surface area contributed by atoms with Gasteiger partial charge in [0.05, 0.1) is 5.69 Å². The number of hydrogen-bond acceptors (Lipinski definition) is 3. The average Bonchev–Trinajstić information content (AvgIpc) is 2.35. The van der Waals surface area contributed by atoms with Crippen molar-refractivity contribution < 1.29 is 8.42 Å². The van der Waals surface area contributed by atoms with Crippen molar-refractivity contribution >= 4 is 15.7 Å².